The summed E-state index contributed by atoms with van der Waals surface area (Å²) in [5, 5.41) is 10.1. The Kier molecular flexibility index (Phi) is 10.2. The van der Waals surface area contributed by atoms with E-state index in [1.807, 2.05) is 72.2 Å². The maximum Gasteiger partial charge on any atom is 0.265 e. The van der Waals surface area contributed by atoms with Crippen LogP contribution in [0.25, 0.3) is 12.2 Å². The summed E-state index contributed by atoms with van der Waals surface area (Å²) in [4.78, 5) is 71.5. The lowest BCUT2D eigenvalue weighted by Crippen LogP contribution is -2.50. The minimum absolute atomic E-state index is 0.0926. The largest absolute Gasteiger partial charge is 0.327 e. The monoisotopic (exact) mass is 716 g/mol. The van der Waals surface area contributed by atoms with Crippen molar-refractivity contribution in [1.29, 1.82) is 0 Å². The zero-order valence-corrected chi connectivity index (χ0v) is 29.4. The Hall–Kier alpha value is -5.39. The molecule has 2 atom stereocenters. The van der Waals surface area contributed by atoms with Crippen LogP contribution < -0.4 is 10.2 Å². The van der Waals surface area contributed by atoms with E-state index in [4.69, 9.17) is 0 Å². The van der Waals surface area contributed by atoms with Gasteiger partial charge >= 0.3 is 0 Å². The highest BCUT2D eigenvalue weighted by atomic mass is 32.1. The quantitative estimate of drug-likeness (QED) is 0.145. The minimum atomic E-state index is -0.737. The molecule has 2 saturated heterocycles. The number of hydrogen-bond acceptors (Lipinski definition) is 7. The van der Waals surface area contributed by atoms with Gasteiger partial charge in [-0.3, -0.25) is 24.0 Å². The Bertz CT molecular complexity index is 2010. The van der Waals surface area contributed by atoms with Crippen molar-refractivity contribution in [3.05, 3.63) is 128 Å². The molecule has 3 aliphatic rings. The molecule has 0 unspecified atom stereocenters. The van der Waals surface area contributed by atoms with Crippen LogP contribution in [0.15, 0.2) is 106 Å². The fraction of sp³-hybridized carbons (Fsp3) is 0.225. The molecule has 11 heteroatoms. The van der Waals surface area contributed by atoms with Crippen molar-refractivity contribution in [3.63, 3.8) is 0 Å². The van der Waals surface area contributed by atoms with Gasteiger partial charge in [0.05, 0.1) is 16.8 Å². The van der Waals surface area contributed by atoms with E-state index in [9.17, 15) is 24.0 Å². The van der Waals surface area contributed by atoms with Gasteiger partial charge in [0.25, 0.3) is 23.6 Å². The molecule has 2 fully saturated rings. The Morgan fingerprint density at radius 3 is 1.94 bits per heavy atom. The number of amides is 5. The van der Waals surface area contributed by atoms with Crippen LogP contribution in [0.4, 0.5) is 11.4 Å². The lowest BCUT2D eigenvalue weighted by Gasteiger charge is -2.29. The summed E-state index contributed by atoms with van der Waals surface area (Å²) in [6.07, 6.45) is 12.9. The zero-order valence-electron chi connectivity index (χ0n) is 27.8. The lowest BCUT2D eigenvalue weighted by atomic mass is 10.1. The molecular weight excluding hydrogens is 681 g/mol. The van der Waals surface area contributed by atoms with Crippen molar-refractivity contribution >= 4 is 75.7 Å². The van der Waals surface area contributed by atoms with Gasteiger partial charge < -0.3 is 15.1 Å². The van der Waals surface area contributed by atoms with Crippen molar-refractivity contribution in [2.75, 3.05) is 23.3 Å². The Morgan fingerprint density at radius 1 is 0.725 bits per heavy atom. The summed E-state index contributed by atoms with van der Waals surface area (Å²) in [6.45, 7) is 1.03. The highest BCUT2D eigenvalue weighted by Gasteiger charge is 2.40. The molecule has 0 radical (unpaired) electrons. The number of imide groups is 1. The number of likely N-dealkylation sites (tertiary alicyclic amines) is 2. The van der Waals surface area contributed by atoms with Crippen LogP contribution >= 0.6 is 22.7 Å². The van der Waals surface area contributed by atoms with Crippen molar-refractivity contribution < 1.29 is 24.0 Å². The van der Waals surface area contributed by atoms with Crippen molar-refractivity contribution in [3.8, 4) is 0 Å². The first-order chi connectivity index (χ1) is 24.9. The van der Waals surface area contributed by atoms with Crippen LogP contribution in [0.1, 0.15) is 63.9 Å². The van der Waals surface area contributed by atoms with Crippen LogP contribution in [0, 0.1) is 0 Å². The average Bonchev–Trinajstić information content (AvgIpc) is 4.00. The molecule has 1 aliphatic carbocycles. The van der Waals surface area contributed by atoms with Crippen LogP contribution in [0.2, 0.25) is 0 Å². The Balaban J connectivity index is 1.02. The third-order valence-electron chi connectivity index (χ3n) is 9.39. The molecule has 0 bridgehead atoms. The van der Waals surface area contributed by atoms with Gasteiger partial charge in [-0.15, -0.1) is 0 Å². The maximum absolute atomic E-state index is 14.1. The molecular formula is C40H36N4O5S2. The van der Waals surface area contributed by atoms with E-state index in [1.165, 1.54) is 27.6 Å². The number of anilines is 2. The van der Waals surface area contributed by atoms with Gasteiger partial charge in [-0.2, -0.15) is 22.7 Å². The molecule has 2 aliphatic heterocycles. The predicted molar refractivity (Wildman–Crippen MR) is 202 cm³/mol. The second-order valence-corrected chi connectivity index (χ2v) is 14.2. The number of carbonyl (C=O) groups is 5. The predicted octanol–water partition coefficient (Wildman–Crippen LogP) is 7.27. The van der Waals surface area contributed by atoms with E-state index in [2.05, 4.69) is 5.32 Å². The summed E-state index contributed by atoms with van der Waals surface area (Å²) in [6, 6.07) is 16.9. The Morgan fingerprint density at radius 2 is 1.33 bits per heavy atom. The standard InChI is InChI=1S/C40H36N4O5S2/c45-36(34-7-3-21-42(34)37(46)29-5-1-2-6-29)41-32-15-11-27(12-16-32)9-10-28-13-17-33(18-14-28)44(39(48)31-20-24-51-26-31)40(49)35-8-4-22-43(35)38(47)30-19-23-50-25-30/h1,5-6,9-20,23-26,34-35H,2-4,7-8,21-22H2,(H,41,45)/b10-9+/t34-,35-/m0/s1. The molecule has 9 nitrogen and oxygen atoms in total. The van der Waals surface area contributed by atoms with Gasteiger partial charge in [0.1, 0.15) is 12.1 Å². The third kappa shape index (κ3) is 7.40. The number of benzene rings is 2. The maximum atomic E-state index is 14.1. The van der Waals surface area contributed by atoms with E-state index in [1.54, 1.807) is 50.2 Å². The fourth-order valence-electron chi connectivity index (χ4n) is 6.72. The number of carbonyl (C=O) groups excluding carboxylic acids is 5. The van der Waals surface area contributed by atoms with E-state index in [0.717, 1.165) is 24.0 Å². The number of nitrogens with one attached hydrogen (secondary N) is 1. The van der Waals surface area contributed by atoms with Gasteiger partial charge in [-0.1, -0.05) is 54.6 Å². The molecule has 4 heterocycles. The first kappa shape index (κ1) is 34.1. The molecule has 258 valence electrons. The van der Waals surface area contributed by atoms with E-state index in [0.29, 0.717) is 60.4 Å². The summed E-state index contributed by atoms with van der Waals surface area (Å²) >= 11 is 2.81. The topological polar surface area (TPSA) is 107 Å². The molecule has 2 aromatic heterocycles. The van der Waals surface area contributed by atoms with Gasteiger partial charge in [-0.25, -0.2) is 4.90 Å². The normalized spacial score (nSPS) is 18.3. The van der Waals surface area contributed by atoms with Gasteiger partial charge in [-0.05, 0) is 90.4 Å². The van der Waals surface area contributed by atoms with Gasteiger partial charge in [0.2, 0.25) is 5.91 Å². The summed E-state index contributed by atoms with van der Waals surface area (Å²) < 4.78 is 0. The second kappa shape index (κ2) is 15.2. The first-order valence-corrected chi connectivity index (χ1v) is 18.9. The van der Waals surface area contributed by atoms with Crippen LogP contribution in [0.5, 0.6) is 0 Å². The molecule has 2 aromatic carbocycles. The number of hydrogen-bond donors (Lipinski definition) is 1. The van der Waals surface area contributed by atoms with E-state index >= 15 is 0 Å². The zero-order chi connectivity index (χ0) is 35.3. The first-order valence-electron chi connectivity index (χ1n) is 17.0. The molecule has 51 heavy (non-hydrogen) atoms. The van der Waals surface area contributed by atoms with Crippen LogP contribution in [0.3, 0.4) is 0 Å². The molecule has 7 rings (SSSR count). The minimum Gasteiger partial charge on any atom is -0.327 e. The van der Waals surface area contributed by atoms with Crippen molar-refractivity contribution in [2.24, 2.45) is 0 Å². The fourth-order valence-corrected chi connectivity index (χ4v) is 7.98. The van der Waals surface area contributed by atoms with Crippen molar-refractivity contribution in [1.82, 2.24) is 9.80 Å². The second-order valence-electron chi connectivity index (χ2n) is 12.6. The van der Waals surface area contributed by atoms with Crippen LogP contribution in [-0.4, -0.2) is 64.5 Å². The molecule has 0 spiro atoms. The summed E-state index contributed by atoms with van der Waals surface area (Å²) in [5.74, 6) is -1.33. The lowest BCUT2D eigenvalue weighted by molar-refractivity contribution is -0.133. The third-order valence-corrected chi connectivity index (χ3v) is 10.8. The van der Waals surface area contributed by atoms with E-state index in [-0.39, 0.29) is 17.7 Å². The summed E-state index contributed by atoms with van der Waals surface area (Å²) in [5.41, 5.74) is 4.47. The van der Waals surface area contributed by atoms with Gasteiger partial charge in [0.15, 0.2) is 0 Å². The highest BCUT2D eigenvalue weighted by Crippen LogP contribution is 2.28. The van der Waals surface area contributed by atoms with E-state index < -0.39 is 23.9 Å². The summed E-state index contributed by atoms with van der Waals surface area (Å²) in [7, 11) is 0. The molecule has 4 aromatic rings. The molecule has 5 amide bonds. The van der Waals surface area contributed by atoms with Crippen LogP contribution in [-0.2, 0) is 14.4 Å². The average molecular weight is 717 g/mol. The highest BCUT2D eigenvalue weighted by molar-refractivity contribution is 7.08. The number of thiophene rings is 2. The smallest absolute Gasteiger partial charge is 0.265 e. The molecule has 1 N–H and O–H groups in total. The molecule has 0 saturated carbocycles. The number of nitrogens with zero attached hydrogens (tertiary/aromatic N) is 3. The SMILES string of the molecule is O=C(Nc1ccc(/C=C/c2ccc(N(C(=O)c3ccsc3)C(=O)[C@@H]3CCCN3C(=O)c3ccsc3)cc2)cc1)[C@@H]1CCCN1C(=O)C1=CCC=C1. The number of allylic oxidation sites excluding steroid dienone is 2. The number of rotatable bonds is 9. The Labute approximate surface area is 304 Å². The van der Waals surface area contributed by atoms with Crippen molar-refractivity contribution in [2.45, 2.75) is 44.2 Å². The van der Waals surface area contributed by atoms with Gasteiger partial charge in [0, 0.05) is 35.1 Å².